The summed E-state index contributed by atoms with van der Waals surface area (Å²) in [4.78, 5) is 0. The average molecular weight is 339 g/mol. The molecule has 106 valence electrons. The van der Waals surface area contributed by atoms with Gasteiger partial charge >= 0.3 is 17.1 Å². The Kier molecular flexibility index (Phi) is 12.7. The van der Waals surface area contributed by atoms with E-state index in [9.17, 15) is 0 Å². The fraction of sp³-hybridized carbons (Fsp3) is 0.375. The second-order valence-electron chi connectivity index (χ2n) is 4.17. The van der Waals surface area contributed by atoms with E-state index in [-0.39, 0.29) is 17.1 Å². The topological polar surface area (TPSA) is 0 Å². The van der Waals surface area contributed by atoms with E-state index in [4.69, 9.17) is 23.2 Å². The SMILES string of the molecule is ClCCC[c-]1cccc1.ClCCC[c-]1cccc1.[Fe+2]. The van der Waals surface area contributed by atoms with Crippen LogP contribution in [0.1, 0.15) is 24.0 Å². The van der Waals surface area contributed by atoms with Gasteiger partial charge in [0, 0.05) is 11.8 Å². The Morgan fingerprint density at radius 2 is 0.947 bits per heavy atom. The first-order valence-corrected chi connectivity index (χ1v) is 7.47. The predicted octanol–water partition coefficient (Wildman–Crippen LogP) is 5.15. The van der Waals surface area contributed by atoms with Gasteiger partial charge in [0.1, 0.15) is 0 Å². The number of halogens is 2. The van der Waals surface area contributed by atoms with E-state index in [2.05, 4.69) is 48.5 Å². The third kappa shape index (κ3) is 9.35. The molecule has 0 nitrogen and oxygen atoms in total. The number of aryl methyl sites for hydroxylation is 2. The Hall–Kier alpha value is -0.201. The predicted molar refractivity (Wildman–Crippen MR) is 82.2 cm³/mol. The first-order chi connectivity index (χ1) is 8.86. The maximum Gasteiger partial charge on any atom is 2.00 e. The van der Waals surface area contributed by atoms with Gasteiger partial charge in [-0.2, -0.15) is 35.4 Å². The van der Waals surface area contributed by atoms with Crippen LogP contribution in [0, 0.1) is 0 Å². The van der Waals surface area contributed by atoms with Crippen molar-refractivity contribution in [3.8, 4) is 0 Å². The maximum absolute atomic E-state index is 5.52. The molecule has 0 atom stereocenters. The van der Waals surface area contributed by atoms with E-state index in [0.29, 0.717) is 0 Å². The third-order valence-electron chi connectivity index (χ3n) is 2.66. The van der Waals surface area contributed by atoms with Crippen molar-refractivity contribution in [2.45, 2.75) is 25.7 Å². The van der Waals surface area contributed by atoms with Crippen molar-refractivity contribution in [2.75, 3.05) is 11.8 Å². The molecule has 0 aliphatic carbocycles. The van der Waals surface area contributed by atoms with Crippen LogP contribution in [0.3, 0.4) is 0 Å². The molecule has 0 amide bonds. The Bertz CT molecular complexity index is 327. The van der Waals surface area contributed by atoms with E-state index in [0.717, 1.165) is 37.4 Å². The summed E-state index contributed by atoms with van der Waals surface area (Å²) in [6.07, 6.45) is 4.42. The Morgan fingerprint density at radius 1 is 0.632 bits per heavy atom. The quantitative estimate of drug-likeness (QED) is 0.388. The molecule has 0 heterocycles. The number of rotatable bonds is 6. The minimum absolute atomic E-state index is 0. The molecule has 2 rings (SSSR count). The molecular formula is C16H20Cl2Fe. The van der Waals surface area contributed by atoms with Crippen molar-refractivity contribution in [2.24, 2.45) is 0 Å². The summed E-state index contributed by atoms with van der Waals surface area (Å²) in [7, 11) is 0. The number of hydrogen-bond acceptors (Lipinski definition) is 0. The summed E-state index contributed by atoms with van der Waals surface area (Å²) < 4.78 is 0. The van der Waals surface area contributed by atoms with Gasteiger partial charge in [0.05, 0.1) is 0 Å². The molecule has 2 aromatic rings. The van der Waals surface area contributed by atoms with Crippen LogP contribution in [-0.2, 0) is 29.9 Å². The van der Waals surface area contributed by atoms with Gasteiger partial charge < -0.3 is 0 Å². The smallest absolute Gasteiger partial charge is 0.213 e. The molecule has 0 aromatic heterocycles. The van der Waals surface area contributed by atoms with E-state index < -0.39 is 0 Å². The van der Waals surface area contributed by atoms with Crippen molar-refractivity contribution in [1.29, 1.82) is 0 Å². The molecule has 0 radical (unpaired) electrons. The standard InChI is InChI=1S/2C8H10Cl.Fe/c2*9-7-3-6-8-4-1-2-5-8;/h2*1-2,4-5H,3,6-7H2;/q2*-1;+2. The first kappa shape index (κ1) is 18.8. The van der Waals surface area contributed by atoms with Crippen LogP contribution in [0.4, 0.5) is 0 Å². The summed E-state index contributed by atoms with van der Waals surface area (Å²) in [5, 5.41) is 0. The van der Waals surface area contributed by atoms with Crippen LogP contribution in [0.25, 0.3) is 0 Å². The molecular weight excluding hydrogens is 319 g/mol. The molecule has 0 aliphatic rings. The van der Waals surface area contributed by atoms with Gasteiger partial charge in [-0.15, -0.1) is 23.2 Å². The van der Waals surface area contributed by atoms with Gasteiger partial charge in [-0.05, 0) is 12.8 Å². The van der Waals surface area contributed by atoms with Crippen LogP contribution >= 0.6 is 23.2 Å². The van der Waals surface area contributed by atoms with Crippen LogP contribution in [-0.4, -0.2) is 11.8 Å². The molecule has 0 saturated heterocycles. The monoisotopic (exact) mass is 338 g/mol. The molecule has 0 spiro atoms. The normalized spacial score (nSPS) is 9.37. The molecule has 0 bridgehead atoms. The maximum atomic E-state index is 5.52. The van der Waals surface area contributed by atoms with Crippen LogP contribution in [0.15, 0.2) is 48.5 Å². The molecule has 0 unspecified atom stereocenters. The average Bonchev–Trinajstić information content (AvgIpc) is 3.07. The van der Waals surface area contributed by atoms with Crippen molar-refractivity contribution < 1.29 is 17.1 Å². The summed E-state index contributed by atoms with van der Waals surface area (Å²) in [5.41, 5.74) is 2.80. The molecule has 0 N–H and O–H groups in total. The summed E-state index contributed by atoms with van der Waals surface area (Å²) in [5.74, 6) is 1.54. The fourth-order valence-corrected chi connectivity index (χ4v) is 1.97. The van der Waals surface area contributed by atoms with E-state index in [1.165, 1.54) is 11.1 Å². The van der Waals surface area contributed by atoms with E-state index >= 15 is 0 Å². The third-order valence-corrected chi connectivity index (χ3v) is 3.20. The van der Waals surface area contributed by atoms with Gasteiger partial charge in [-0.3, -0.25) is 0 Å². The second-order valence-corrected chi connectivity index (χ2v) is 4.93. The largest absolute Gasteiger partial charge is 2.00 e. The van der Waals surface area contributed by atoms with E-state index in [1.807, 2.05) is 0 Å². The molecule has 19 heavy (non-hydrogen) atoms. The minimum Gasteiger partial charge on any atom is -0.213 e. The van der Waals surface area contributed by atoms with Gasteiger partial charge in [0.25, 0.3) is 0 Å². The molecule has 0 saturated carbocycles. The van der Waals surface area contributed by atoms with Crippen molar-refractivity contribution in [3.05, 3.63) is 59.7 Å². The Morgan fingerprint density at radius 3 is 1.21 bits per heavy atom. The zero-order valence-corrected chi connectivity index (χ0v) is 13.6. The molecule has 2 aromatic carbocycles. The summed E-state index contributed by atoms with van der Waals surface area (Å²) >= 11 is 11.0. The van der Waals surface area contributed by atoms with Gasteiger partial charge in [0.2, 0.25) is 0 Å². The van der Waals surface area contributed by atoms with Gasteiger partial charge in [-0.1, -0.05) is 12.8 Å². The Labute approximate surface area is 137 Å². The zero-order chi connectivity index (χ0) is 13.1. The van der Waals surface area contributed by atoms with Gasteiger partial charge in [-0.25, -0.2) is 24.3 Å². The second kappa shape index (κ2) is 12.8. The summed E-state index contributed by atoms with van der Waals surface area (Å²) in [6.45, 7) is 0. The number of alkyl halides is 2. The zero-order valence-electron chi connectivity index (χ0n) is 11.0. The van der Waals surface area contributed by atoms with Crippen LogP contribution < -0.4 is 0 Å². The van der Waals surface area contributed by atoms with Gasteiger partial charge in [0.15, 0.2) is 0 Å². The van der Waals surface area contributed by atoms with Crippen molar-refractivity contribution >= 4 is 23.2 Å². The molecule has 0 aliphatic heterocycles. The van der Waals surface area contributed by atoms with Crippen molar-refractivity contribution in [1.82, 2.24) is 0 Å². The molecule has 3 heteroatoms. The van der Waals surface area contributed by atoms with Crippen LogP contribution in [0.2, 0.25) is 0 Å². The fourth-order valence-electron chi connectivity index (χ4n) is 1.70. The minimum atomic E-state index is 0. The Balaban J connectivity index is 0.000000324. The number of hydrogen-bond donors (Lipinski definition) is 0. The van der Waals surface area contributed by atoms with E-state index in [1.54, 1.807) is 0 Å². The van der Waals surface area contributed by atoms with Crippen LogP contribution in [0.5, 0.6) is 0 Å². The summed E-state index contributed by atoms with van der Waals surface area (Å²) in [6, 6.07) is 16.8. The first-order valence-electron chi connectivity index (χ1n) is 6.40. The van der Waals surface area contributed by atoms with Crippen molar-refractivity contribution in [3.63, 3.8) is 0 Å². The molecule has 0 fully saturated rings.